The highest BCUT2D eigenvalue weighted by atomic mass is 16.6. The van der Waals surface area contributed by atoms with Crippen LogP contribution in [0, 0.1) is 5.92 Å². The van der Waals surface area contributed by atoms with Crippen molar-refractivity contribution >= 4 is 0 Å². The van der Waals surface area contributed by atoms with E-state index in [4.69, 9.17) is 4.74 Å². The van der Waals surface area contributed by atoms with Crippen LogP contribution in [0.25, 0.3) is 0 Å². The van der Waals surface area contributed by atoms with Gasteiger partial charge in [0.15, 0.2) is 0 Å². The Morgan fingerprint density at radius 2 is 1.33 bits per heavy atom. The summed E-state index contributed by atoms with van der Waals surface area (Å²) in [5, 5.41) is 0. The lowest BCUT2D eigenvalue weighted by Crippen LogP contribution is -1.95. The second-order valence-corrected chi connectivity index (χ2v) is 6.45. The molecule has 2 atom stereocenters. The fourth-order valence-corrected chi connectivity index (χ4v) is 2.71. The fraction of sp³-hybridized carbons (Fsp3) is 1.00. The Hall–Kier alpha value is -0.0400. The van der Waals surface area contributed by atoms with Gasteiger partial charge in [-0.1, -0.05) is 78.6 Å². The van der Waals surface area contributed by atoms with E-state index in [-0.39, 0.29) is 0 Å². The van der Waals surface area contributed by atoms with Crippen molar-refractivity contribution in [2.75, 3.05) is 0 Å². The van der Waals surface area contributed by atoms with E-state index in [1.807, 2.05) is 0 Å². The third-order valence-electron chi connectivity index (χ3n) is 4.05. The summed E-state index contributed by atoms with van der Waals surface area (Å²) in [6, 6.07) is 0. The first-order valence-electron chi connectivity index (χ1n) is 8.39. The summed E-state index contributed by atoms with van der Waals surface area (Å²) in [5.41, 5.74) is 0. The molecule has 108 valence electrons. The van der Waals surface area contributed by atoms with E-state index in [0.717, 1.165) is 5.92 Å². The normalized spacial score (nSPS) is 22.7. The van der Waals surface area contributed by atoms with E-state index >= 15 is 0 Å². The SMILES string of the molecule is CCCCCCCC[C@H]1O[C@@H]1CCCCC(C)C. The van der Waals surface area contributed by atoms with E-state index in [0.29, 0.717) is 12.2 Å². The first kappa shape index (κ1) is 16.0. The maximum atomic E-state index is 5.75. The predicted molar refractivity (Wildman–Crippen MR) is 80.0 cm³/mol. The largest absolute Gasteiger partial charge is 0.370 e. The minimum Gasteiger partial charge on any atom is -0.370 e. The first-order valence-corrected chi connectivity index (χ1v) is 8.39. The Kier molecular flexibility index (Phi) is 8.75. The Morgan fingerprint density at radius 3 is 1.94 bits per heavy atom. The first-order chi connectivity index (χ1) is 8.74. The van der Waals surface area contributed by atoms with Crippen LogP contribution in [0.3, 0.4) is 0 Å². The summed E-state index contributed by atoms with van der Waals surface area (Å²) in [4.78, 5) is 0. The quantitative estimate of drug-likeness (QED) is 0.320. The van der Waals surface area contributed by atoms with Crippen LogP contribution in [0.1, 0.15) is 91.4 Å². The molecule has 0 aromatic rings. The molecule has 0 unspecified atom stereocenters. The van der Waals surface area contributed by atoms with Gasteiger partial charge < -0.3 is 4.74 Å². The third kappa shape index (κ3) is 8.13. The number of unbranched alkanes of at least 4 members (excludes halogenated alkanes) is 6. The lowest BCUT2D eigenvalue weighted by Gasteiger charge is -2.02. The Morgan fingerprint density at radius 1 is 0.778 bits per heavy atom. The molecule has 1 nitrogen and oxygen atoms in total. The molecule has 1 rings (SSSR count). The predicted octanol–water partition coefficient (Wildman–Crippen LogP) is 5.72. The molecule has 18 heavy (non-hydrogen) atoms. The highest BCUT2D eigenvalue weighted by Gasteiger charge is 2.36. The molecule has 0 aromatic heterocycles. The minimum absolute atomic E-state index is 0.632. The molecule has 0 amide bonds. The van der Waals surface area contributed by atoms with E-state index < -0.39 is 0 Å². The molecule has 0 N–H and O–H groups in total. The summed E-state index contributed by atoms with van der Waals surface area (Å²) in [6.45, 7) is 6.91. The van der Waals surface area contributed by atoms with E-state index in [1.54, 1.807) is 0 Å². The van der Waals surface area contributed by atoms with Crippen LogP contribution in [0.2, 0.25) is 0 Å². The van der Waals surface area contributed by atoms with Crippen molar-refractivity contribution in [2.45, 2.75) is 104 Å². The molecule has 1 fully saturated rings. The molecule has 0 aliphatic carbocycles. The van der Waals surface area contributed by atoms with Gasteiger partial charge in [0.1, 0.15) is 0 Å². The number of hydrogen-bond donors (Lipinski definition) is 0. The van der Waals surface area contributed by atoms with Crippen LogP contribution in [0.5, 0.6) is 0 Å². The second-order valence-electron chi connectivity index (χ2n) is 6.45. The molecule has 1 saturated heterocycles. The maximum absolute atomic E-state index is 5.75. The van der Waals surface area contributed by atoms with Crippen molar-refractivity contribution in [2.24, 2.45) is 5.92 Å². The zero-order valence-electron chi connectivity index (χ0n) is 12.9. The number of epoxide rings is 1. The van der Waals surface area contributed by atoms with Crippen LogP contribution in [-0.4, -0.2) is 12.2 Å². The van der Waals surface area contributed by atoms with Gasteiger partial charge in [0.2, 0.25) is 0 Å². The van der Waals surface area contributed by atoms with Gasteiger partial charge in [-0.3, -0.25) is 0 Å². The van der Waals surface area contributed by atoms with Gasteiger partial charge in [0.25, 0.3) is 0 Å². The van der Waals surface area contributed by atoms with E-state index in [1.165, 1.54) is 70.6 Å². The molecule has 1 heterocycles. The van der Waals surface area contributed by atoms with Gasteiger partial charge in [-0.05, 0) is 18.8 Å². The zero-order chi connectivity index (χ0) is 13.2. The third-order valence-corrected chi connectivity index (χ3v) is 4.05. The van der Waals surface area contributed by atoms with Gasteiger partial charge in [-0.25, -0.2) is 0 Å². The monoisotopic (exact) mass is 254 g/mol. The second kappa shape index (κ2) is 9.83. The summed E-state index contributed by atoms with van der Waals surface area (Å²) >= 11 is 0. The lowest BCUT2D eigenvalue weighted by atomic mass is 10.0. The molecule has 1 heteroatoms. The van der Waals surface area contributed by atoms with Crippen LogP contribution in [0.4, 0.5) is 0 Å². The molecular weight excluding hydrogens is 220 g/mol. The summed E-state index contributed by atoms with van der Waals surface area (Å²) < 4.78 is 5.75. The van der Waals surface area contributed by atoms with Crippen LogP contribution >= 0.6 is 0 Å². The molecule has 0 spiro atoms. The number of hydrogen-bond acceptors (Lipinski definition) is 1. The molecular formula is C17H34O. The smallest absolute Gasteiger partial charge is 0.0841 e. The van der Waals surface area contributed by atoms with Crippen molar-refractivity contribution in [3.05, 3.63) is 0 Å². The molecule has 0 radical (unpaired) electrons. The summed E-state index contributed by atoms with van der Waals surface area (Å²) in [6.07, 6.45) is 16.5. The van der Waals surface area contributed by atoms with Gasteiger partial charge in [-0.2, -0.15) is 0 Å². The van der Waals surface area contributed by atoms with Gasteiger partial charge in [0.05, 0.1) is 12.2 Å². The average molecular weight is 254 g/mol. The molecule has 0 saturated carbocycles. The van der Waals surface area contributed by atoms with Crippen molar-refractivity contribution in [1.82, 2.24) is 0 Å². The summed E-state index contributed by atoms with van der Waals surface area (Å²) in [7, 11) is 0. The van der Waals surface area contributed by atoms with Crippen molar-refractivity contribution in [3.8, 4) is 0 Å². The molecule has 0 bridgehead atoms. The number of ether oxygens (including phenoxy) is 1. The lowest BCUT2D eigenvalue weighted by molar-refractivity contribution is 0.346. The average Bonchev–Trinajstić information content (AvgIpc) is 3.08. The van der Waals surface area contributed by atoms with E-state index in [9.17, 15) is 0 Å². The Balaban J connectivity index is 1.80. The van der Waals surface area contributed by atoms with Crippen LogP contribution in [0.15, 0.2) is 0 Å². The van der Waals surface area contributed by atoms with Crippen LogP contribution < -0.4 is 0 Å². The Labute approximate surface area is 115 Å². The number of rotatable bonds is 12. The van der Waals surface area contributed by atoms with Crippen molar-refractivity contribution < 1.29 is 4.74 Å². The Bertz CT molecular complexity index is 188. The molecule has 1 aliphatic heterocycles. The van der Waals surface area contributed by atoms with Gasteiger partial charge >= 0.3 is 0 Å². The molecule has 0 aromatic carbocycles. The standard InChI is InChI=1S/C17H34O/c1-4-5-6-7-8-9-13-16-17(18-16)14-11-10-12-15(2)3/h15-17H,4-14H2,1-3H3/t16-,17-/m1/s1. The fourth-order valence-electron chi connectivity index (χ4n) is 2.71. The van der Waals surface area contributed by atoms with Gasteiger partial charge in [-0.15, -0.1) is 0 Å². The summed E-state index contributed by atoms with van der Waals surface area (Å²) in [5.74, 6) is 0.865. The maximum Gasteiger partial charge on any atom is 0.0841 e. The van der Waals surface area contributed by atoms with Crippen molar-refractivity contribution in [1.29, 1.82) is 0 Å². The van der Waals surface area contributed by atoms with Crippen LogP contribution in [-0.2, 0) is 4.74 Å². The topological polar surface area (TPSA) is 12.5 Å². The highest BCUT2D eigenvalue weighted by molar-refractivity contribution is 4.84. The molecule has 1 aliphatic rings. The van der Waals surface area contributed by atoms with Gasteiger partial charge in [0, 0.05) is 0 Å². The highest BCUT2D eigenvalue weighted by Crippen LogP contribution is 2.31. The minimum atomic E-state index is 0.632. The van der Waals surface area contributed by atoms with E-state index in [2.05, 4.69) is 20.8 Å². The zero-order valence-corrected chi connectivity index (χ0v) is 12.9. The van der Waals surface area contributed by atoms with Crippen molar-refractivity contribution in [3.63, 3.8) is 0 Å².